The third-order valence-corrected chi connectivity index (χ3v) is 6.94. The predicted molar refractivity (Wildman–Crippen MR) is 100 cm³/mol. The van der Waals surface area contributed by atoms with Crippen molar-refractivity contribution in [3.8, 4) is 0 Å². The van der Waals surface area contributed by atoms with Gasteiger partial charge in [0.2, 0.25) is 0 Å². The molecule has 4 fully saturated rings. The summed E-state index contributed by atoms with van der Waals surface area (Å²) < 4.78 is 0. The van der Waals surface area contributed by atoms with Crippen LogP contribution in [0.2, 0.25) is 5.02 Å². The zero-order valence-electron chi connectivity index (χ0n) is 15.0. The van der Waals surface area contributed by atoms with Gasteiger partial charge in [0.1, 0.15) is 0 Å². The Kier molecular flexibility index (Phi) is 4.72. The molecule has 5 rings (SSSR count). The zero-order valence-corrected chi connectivity index (χ0v) is 15.8. The second-order valence-corrected chi connectivity index (χ2v) is 9.04. The molecule has 4 aliphatic rings. The van der Waals surface area contributed by atoms with Gasteiger partial charge in [0.15, 0.2) is 0 Å². The van der Waals surface area contributed by atoms with Gasteiger partial charge in [-0.2, -0.15) is 0 Å². The first kappa shape index (κ1) is 17.8. The second kappa shape index (κ2) is 6.88. The molecule has 5 heteroatoms. The lowest BCUT2D eigenvalue weighted by atomic mass is 9.52. The van der Waals surface area contributed by atoms with E-state index in [9.17, 15) is 9.59 Å². The summed E-state index contributed by atoms with van der Waals surface area (Å²) in [5.41, 5.74) is 0.588. The first-order valence-electron chi connectivity index (χ1n) is 9.74. The van der Waals surface area contributed by atoms with Crippen molar-refractivity contribution in [2.24, 2.45) is 17.8 Å². The lowest BCUT2D eigenvalue weighted by Gasteiger charge is -2.60. The number of carboxylic acid groups (broad SMARTS) is 1. The fourth-order valence-corrected chi connectivity index (χ4v) is 6.21. The molecule has 140 valence electrons. The molecule has 0 radical (unpaired) electrons. The van der Waals surface area contributed by atoms with Crippen LogP contribution in [0.4, 0.5) is 0 Å². The summed E-state index contributed by atoms with van der Waals surface area (Å²) in [6, 6.07) is 7.08. The number of carbonyl (C=O) groups excluding carboxylic acids is 1. The van der Waals surface area contributed by atoms with Crippen molar-refractivity contribution >= 4 is 23.5 Å². The van der Waals surface area contributed by atoms with Gasteiger partial charge in [0.05, 0.1) is 0 Å². The highest BCUT2D eigenvalue weighted by Gasteiger charge is 2.54. The van der Waals surface area contributed by atoms with Gasteiger partial charge in [-0.1, -0.05) is 11.6 Å². The average Bonchev–Trinajstić information content (AvgIpc) is 2.57. The van der Waals surface area contributed by atoms with Gasteiger partial charge >= 0.3 is 5.97 Å². The highest BCUT2D eigenvalue weighted by Crippen LogP contribution is 2.58. The van der Waals surface area contributed by atoms with E-state index in [1.165, 1.54) is 19.3 Å². The van der Waals surface area contributed by atoms with Crippen molar-refractivity contribution in [1.82, 2.24) is 4.90 Å². The third kappa shape index (κ3) is 3.36. The standard InChI is InChI=1S/C21H26ClNO3/c22-18-5-3-17(4-6-18)20(26)23(7-1-2-19(24)25)21-11-14-8-15(12-21)10-16(9-14)13-21/h3-6,14-16H,1-2,7-13H2,(H,24,25). The van der Waals surface area contributed by atoms with Gasteiger partial charge in [-0.15, -0.1) is 0 Å². The Labute approximate surface area is 159 Å². The highest BCUT2D eigenvalue weighted by atomic mass is 35.5. The Morgan fingerprint density at radius 2 is 1.58 bits per heavy atom. The molecule has 0 spiro atoms. The fraction of sp³-hybridized carbons (Fsp3) is 0.619. The van der Waals surface area contributed by atoms with Crippen LogP contribution in [-0.4, -0.2) is 34.0 Å². The van der Waals surface area contributed by atoms with Crippen LogP contribution in [0.25, 0.3) is 0 Å². The molecule has 0 unspecified atom stereocenters. The lowest BCUT2D eigenvalue weighted by molar-refractivity contribution is -0.137. The van der Waals surface area contributed by atoms with Crippen LogP contribution in [0.5, 0.6) is 0 Å². The number of carbonyl (C=O) groups is 2. The Bertz CT molecular complexity index is 664. The summed E-state index contributed by atoms with van der Waals surface area (Å²) in [5, 5.41) is 9.65. The van der Waals surface area contributed by atoms with E-state index >= 15 is 0 Å². The van der Waals surface area contributed by atoms with Crippen molar-refractivity contribution in [2.45, 2.75) is 56.9 Å². The number of aliphatic carboxylic acids is 1. The molecule has 1 aromatic rings. The number of nitrogens with zero attached hydrogens (tertiary/aromatic N) is 1. The molecule has 4 bridgehead atoms. The number of carboxylic acids is 1. The summed E-state index contributed by atoms with van der Waals surface area (Å²) in [6.07, 6.45) is 7.83. The van der Waals surface area contributed by atoms with Gasteiger partial charge in [-0.25, -0.2) is 0 Å². The Balaban J connectivity index is 1.61. The van der Waals surface area contributed by atoms with Crippen LogP contribution in [0.15, 0.2) is 24.3 Å². The quantitative estimate of drug-likeness (QED) is 0.789. The van der Waals surface area contributed by atoms with Crippen LogP contribution in [0.1, 0.15) is 61.7 Å². The van der Waals surface area contributed by atoms with Crippen molar-refractivity contribution in [3.63, 3.8) is 0 Å². The SMILES string of the molecule is O=C(O)CCCN(C(=O)c1ccc(Cl)cc1)C12CC3CC(CC(C3)C1)C2. The minimum absolute atomic E-state index is 0.0361. The molecule has 1 amide bonds. The van der Waals surface area contributed by atoms with E-state index in [0.717, 1.165) is 37.0 Å². The molecular weight excluding hydrogens is 350 g/mol. The van der Waals surface area contributed by atoms with E-state index in [0.29, 0.717) is 23.6 Å². The maximum Gasteiger partial charge on any atom is 0.303 e. The molecule has 0 aromatic heterocycles. The number of hydrogen-bond acceptors (Lipinski definition) is 2. The minimum Gasteiger partial charge on any atom is -0.481 e. The van der Waals surface area contributed by atoms with Crippen molar-refractivity contribution < 1.29 is 14.7 Å². The molecule has 1 N–H and O–H groups in total. The van der Waals surface area contributed by atoms with E-state index in [2.05, 4.69) is 0 Å². The number of rotatable bonds is 6. The van der Waals surface area contributed by atoms with E-state index < -0.39 is 5.97 Å². The van der Waals surface area contributed by atoms with Crippen LogP contribution in [-0.2, 0) is 4.79 Å². The summed E-state index contributed by atoms with van der Waals surface area (Å²) in [5.74, 6) is 1.45. The smallest absolute Gasteiger partial charge is 0.303 e. The monoisotopic (exact) mass is 375 g/mol. The Hall–Kier alpha value is -1.55. The van der Waals surface area contributed by atoms with E-state index in [-0.39, 0.29) is 17.9 Å². The summed E-state index contributed by atoms with van der Waals surface area (Å²) in [4.78, 5) is 26.4. The maximum absolute atomic E-state index is 13.4. The van der Waals surface area contributed by atoms with Gasteiger partial charge in [0, 0.05) is 29.1 Å². The van der Waals surface area contributed by atoms with Crippen molar-refractivity contribution in [3.05, 3.63) is 34.9 Å². The number of hydrogen-bond donors (Lipinski definition) is 1. The average molecular weight is 376 g/mol. The minimum atomic E-state index is -0.797. The molecule has 1 aromatic carbocycles. The molecule has 4 saturated carbocycles. The summed E-state index contributed by atoms with van der Waals surface area (Å²) in [7, 11) is 0. The number of halogens is 1. The van der Waals surface area contributed by atoms with Crippen molar-refractivity contribution in [2.75, 3.05) is 6.54 Å². The fourth-order valence-electron chi connectivity index (χ4n) is 6.09. The molecule has 4 nitrogen and oxygen atoms in total. The Morgan fingerprint density at radius 3 is 2.08 bits per heavy atom. The van der Waals surface area contributed by atoms with Crippen LogP contribution < -0.4 is 0 Å². The molecule has 26 heavy (non-hydrogen) atoms. The number of benzene rings is 1. The summed E-state index contributed by atoms with van der Waals surface area (Å²) >= 11 is 5.98. The van der Waals surface area contributed by atoms with E-state index in [1.807, 2.05) is 4.90 Å². The van der Waals surface area contributed by atoms with Gasteiger partial charge in [-0.3, -0.25) is 9.59 Å². The first-order valence-corrected chi connectivity index (χ1v) is 10.1. The molecule has 4 aliphatic carbocycles. The first-order chi connectivity index (χ1) is 12.4. The molecule has 0 atom stereocenters. The van der Waals surface area contributed by atoms with Gasteiger partial charge < -0.3 is 10.0 Å². The van der Waals surface area contributed by atoms with Gasteiger partial charge in [0.25, 0.3) is 5.91 Å². The topological polar surface area (TPSA) is 57.6 Å². The second-order valence-electron chi connectivity index (χ2n) is 8.60. The lowest BCUT2D eigenvalue weighted by Crippen LogP contribution is -2.61. The Morgan fingerprint density at radius 1 is 1.04 bits per heavy atom. The number of amides is 1. The van der Waals surface area contributed by atoms with E-state index in [1.54, 1.807) is 24.3 Å². The maximum atomic E-state index is 13.4. The largest absolute Gasteiger partial charge is 0.481 e. The highest BCUT2D eigenvalue weighted by molar-refractivity contribution is 6.30. The molecule has 0 heterocycles. The molecular formula is C21H26ClNO3. The molecule has 0 saturated heterocycles. The predicted octanol–water partition coefficient (Wildman–Crippen LogP) is 4.62. The van der Waals surface area contributed by atoms with Gasteiger partial charge in [-0.05, 0) is 87.0 Å². The molecule has 0 aliphatic heterocycles. The normalized spacial score (nSPS) is 31.8. The zero-order chi connectivity index (χ0) is 18.3. The summed E-state index contributed by atoms with van der Waals surface area (Å²) in [6.45, 7) is 0.528. The van der Waals surface area contributed by atoms with E-state index in [4.69, 9.17) is 16.7 Å². The van der Waals surface area contributed by atoms with Crippen LogP contribution in [0, 0.1) is 17.8 Å². The third-order valence-electron chi connectivity index (χ3n) is 6.69. The van der Waals surface area contributed by atoms with Crippen LogP contribution >= 0.6 is 11.6 Å². The van der Waals surface area contributed by atoms with Crippen LogP contribution in [0.3, 0.4) is 0 Å². The van der Waals surface area contributed by atoms with Crippen molar-refractivity contribution in [1.29, 1.82) is 0 Å².